The third-order valence-corrected chi connectivity index (χ3v) is 4.24. The van der Waals surface area contributed by atoms with Crippen molar-refractivity contribution in [3.63, 3.8) is 0 Å². The van der Waals surface area contributed by atoms with Crippen LogP contribution in [0.4, 0.5) is 9.18 Å². The molecule has 1 rings (SSSR count). The van der Waals surface area contributed by atoms with E-state index in [4.69, 9.17) is 14.2 Å². The molecule has 0 aliphatic heterocycles. The molecule has 0 radical (unpaired) electrons. The number of esters is 1. The van der Waals surface area contributed by atoms with Crippen molar-refractivity contribution >= 4 is 12.1 Å². The summed E-state index contributed by atoms with van der Waals surface area (Å²) in [5.41, 5.74) is 0.296. The zero-order valence-corrected chi connectivity index (χ0v) is 19.0. The highest BCUT2D eigenvalue weighted by atomic mass is 19.1. The third kappa shape index (κ3) is 10.1. The fourth-order valence-corrected chi connectivity index (χ4v) is 2.74. The number of benzene rings is 1. The summed E-state index contributed by atoms with van der Waals surface area (Å²) in [5, 5.41) is 0. The molecule has 0 heterocycles. The molecule has 0 N–H and O–H groups in total. The standard InChI is InChI=1S/C23H36FNO5/c1-17(2)14-20(25(6)22(27)30-23(3,4)5)21(26)29-19(12-13-24)16-28-15-18-10-8-7-9-11-18/h7-11,17,19-20H,12-16H2,1-6H3/t19-,20+/m1/s1. The Morgan fingerprint density at radius 1 is 1.13 bits per heavy atom. The minimum Gasteiger partial charge on any atom is -0.458 e. The number of ether oxygens (including phenoxy) is 3. The molecular formula is C23H36FNO5. The van der Waals surface area contributed by atoms with Gasteiger partial charge in [0.25, 0.3) is 0 Å². The second kappa shape index (κ2) is 12.5. The number of alkyl halides is 1. The second-order valence-corrected chi connectivity index (χ2v) is 8.77. The predicted molar refractivity (Wildman–Crippen MR) is 114 cm³/mol. The number of hydrogen-bond acceptors (Lipinski definition) is 5. The Bertz CT molecular complexity index is 645. The lowest BCUT2D eigenvalue weighted by Crippen LogP contribution is -2.47. The van der Waals surface area contributed by atoms with Crippen molar-refractivity contribution in [1.82, 2.24) is 4.90 Å². The number of likely N-dealkylation sites (N-methyl/N-ethyl adjacent to an activating group) is 1. The van der Waals surface area contributed by atoms with Crippen molar-refractivity contribution in [3.05, 3.63) is 35.9 Å². The highest BCUT2D eigenvalue weighted by Crippen LogP contribution is 2.18. The third-order valence-electron chi connectivity index (χ3n) is 4.24. The number of carbonyl (C=O) groups excluding carboxylic acids is 2. The van der Waals surface area contributed by atoms with Gasteiger partial charge >= 0.3 is 12.1 Å². The molecule has 0 unspecified atom stereocenters. The summed E-state index contributed by atoms with van der Waals surface area (Å²) in [7, 11) is 1.51. The Morgan fingerprint density at radius 2 is 1.77 bits per heavy atom. The molecule has 0 fully saturated rings. The lowest BCUT2D eigenvalue weighted by molar-refractivity contribution is -0.159. The van der Waals surface area contributed by atoms with Gasteiger partial charge in [0.05, 0.1) is 19.9 Å². The van der Waals surface area contributed by atoms with E-state index in [0.29, 0.717) is 13.0 Å². The SMILES string of the molecule is CC(C)C[C@@H](C(=O)O[C@H](CCF)COCc1ccccc1)N(C)C(=O)OC(C)(C)C. The first-order chi connectivity index (χ1) is 14.0. The van der Waals surface area contributed by atoms with Crippen molar-refractivity contribution in [2.75, 3.05) is 20.3 Å². The van der Waals surface area contributed by atoms with E-state index in [1.807, 2.05) is 44.2 Å². The smallest absolute Gasteiger partial charge is 0.410 e. The predicted octanol–water partition coefficient (Wildman–Crippen LogP) is 4.76. The number of amides is 1. The molecule has 0 saturated heterocycles. The molecule has 0 aromatic heterocycles. The van der Waals surface area contributed by atoms with Gasteiger partial charge in [0.2, 0.25) is 0 Å². The summed E-state index contributed by atoms with van der Waals surface area (Å²) < 4.78 is 29.5. The van der Waals surface area contributed by atoms with Gasteiger partial charge in [-0.25, -0.2) is 9.59 Å². The summed E-state index contributed by atoms with van der Waals surface area (Å²) in [6.45, 7) is 8.96. The topological polar surface area (TPSA) is 65.1 Å². The fraction of sp³-hybridized carbons (Fsp3) is 0.652. The van der Waals surface area contributed by atoms with Gasteiger partial charge in [0.15, 0.2) is 0 Å². The maximum absolute atomic E-state index is 13.0. The van der Waals surface area contributed by atoms with Gasteiger partial charge in [-0.05, 0) is 38.7 Å². The normalized spacial score (nSPS) is 13.6. The van der Waals surface area contributed by atoms with Crippen LogP contribution in [0.2, 0.25) is 0 Å². The quantitative estimate of drug-likeness (QED) is 0.479. The lowest BCUT2D eigenvalue weighted by atomic mass is 10.0. The first-order valence-corrected chi connectivity index (χ1v) is 10.4. The van der Waals surface area contributed by atoms with Crippen molar-refractivity contribution in [2.24, 2.45) is 5.92 Å². The Kier molecular flexibility index (Phi) is 10.8. The van der Waals surface area contributed by atoms with Crippen LogP contribution in [0.25, 0.3) is 0 Å². The van der Waals surface area contributed by atoms with Gasteiger partial charge in [-0.15, -0.1) is 0 Å². The summed E-state index contributed by atoms with van der Waals surface area (Å²) >= 11 is 0. The molecule has 2 atom stereocenters. The highest BCUT2D eigenvalue weighted by molar-refractivity contribution is 5.81. The van der Waals surface area contributed by atoms with Gasteiger partial charge in [0.1, 0.15) is 17.7 Å². The Balaban J connectivity index is 2.75. The van der Waals surface area contributed by atoms with Crippen molar-refractivity contribution in [2.45, 2.75) is 71.8 Å². The van der Waals surface area contributed by atoms with Crippen LogP contribution in [0, 0.1) is 5.92 Å². The van der Waals surface area contributed by atoms with Crippen molar-refractivity contribution < 1.29 is 28.2 Å². The maximum atomic E-state index is 13.0. The van der Waals surface area contributed by atoms with E-state index in [1.54, 1.807) is 20.8 Å². The van der Waals surface area contributed by atoms with Gasteiger partial charge in [-0.1, -0.05) is 44.2 Å². The second-order valence-electron chi connectivity index (χ2n) is 8.77. The van der Waals surface area contributed by atoms with Crippen LogP contribution >= 0.6 is 0 Å². The number of hydrogen-bond donors (Lipinski definition) is 0. The molecule has 0 spiro atoms. The minimum absolute atomic E-state index is 0.0328. The van der Waals surface area contributed by atoms with Crippen LogP contribution in [0.3, 0.4) is 0 Å². The molecule has 30 heavy (non-hydrogen) atoms. The van der Waals surface area contributed by atoms with Crippen LogP contribution in [-0.4, -0.2) is 55.0 Å². The van der Waals surface area contributed by atoms with Gasteiger partial charge in [0, 0.05) is 13.5 Å². The van der Waals surface area contributed by atoms with E-state index in [0.717, 1.165) is 5.56 Å². The molecule has 0 aliphatic rings. The fourth-order valence-electron chi connectivity index (χ4n) is 2.74. The van der Waals surface area contributed by atoms with E-state index >= 15 is 0 Å². The molecule has 0 bridgehead atoms. The van der Waals surface area contributed by atoms with Gasteiger partial charge in [-0.3, -0.25) is 9.29 Å². The molecule has 0 saturated carbocycles. The molecule has 1 aromatic carbocycles. The Labute approximate surface area is 179 Å². The van der Waals surface area contributed by atoms with Crippen LogP contribution in [0.5, 0.6) is 0 Å². The molecule has 6 nitrogen and oxygen atoms in total. The number of halogens is 1. The first kappa shape index (κ1) is 25.9. The summed E-state index contributed by atoms with van der Waals surface area (Å²) in [5.74, 6) is -0.444. The zero-order valence-electron chi connectivity index (χ0n) is 19.0. The van der Waals surface area contributed by atoms with Crippen LogP contribution < -0.4 is 0 Å². The number of rotatable bonds is 11. The number of carbonyl (C=O) groups is 2. The zero-order chi connectivity index (χ0) is 22.7. The highest BCUT2D eigenvalue weighted by Gasteiger charge is 2.33. The van der Waals surface area contributed by atoms with Crippen LogP contribution in [0.15, 0.2) is 30.3 Å². The maximum Gasteiger partial charge on any atom is 0.410 e. The molecule has 170 valence electrons. The van der Waals surface area contributed by atoms with E-state index in [9.17, 15) is 14.0 Å². The molecular weight excluding hydrogens is 389 g/mol. The minimum atomic E-state index is -0.823. The molecule has 1 aromatic rings. The van der Waals surface area contributed by atoms with Gasteiger partial charge in [-0.2, -0.15) is 0 Å². The monoisotopic (exact) mass is 425 g/mol. The van der Waals surface area contributed by atoms with Crippen LogP contribution in [0.1, 0.15) is 53.0 Å². The Hall–Kier alpha value is -2.15. The summed E-state index contributed by atoms with van der Waals surface area (Å²) in [4.78, 5) is 26.6. The van der Waals surface area contributed by atoms with Crippen LogP contribution in [-0.2, 0) is 25.6 Å². The average Bonchev–Trinajstić information content (AvgIpc) is 2.65. The largest absolute Gasteiger partial charge is 0.458 e. The number of nitrogens with zero attached hydrogens (tertiary/aromatic N) is 1. The molecule has 0 aliphatic carbocycles. The van der Waals surface area contributed by atoms with Gasteiger partial charge < -0.3 is 14.2 Å². The van der Waals surface area contributed by atoms with E-state index in [-0.39, 0.29) is 18.9 Å². The van der Waals surface area contributed by atoms with Crippen molar-refractivity contribution in [3.8, 4) is 0 Å². The molecule has 7 heteroatoms. The van der Waals surface area contributed by atoms with E-state index in [2.05, 4.69) is 0 Å². The first-order valence-electron chi connectivity index (χ1n) is 10.4. The van der Waals surface area contributed by atoms with Crippen molar-refractivity contribution in [1.29, 1.82) is 0 Å². The average molecular weight is 426 g/mol. The summed E-state index contributed by atoms with van der Waals surface area (Å²) in [6.07, 6.45) is -0.896. The lowest BCUT2D eigenvalue weighted by Gasteiger charge is -2.31. The Morgan fingerprint density at radius 3 is 2.30 bits per heavy atom. The molecule has 1 amide bonds. The summed E-state index contributed by atoms with van der Waals surface area (Å²) in [6, 6.07) is 8.74. The van der Waals surface area contributed by atoms with E-state index in [1.165, 1.54) is 11.9 Å². The van der Waals surface area contributed by atoms with E-state index < -0.39 is 36.5 Å².